The molecule has 0 bridgehead atoms. The normalized spacial score (nSPS) is 10.7. The maximum atomic E-state index is 10.9. The molecule has 1 aromatic heterocycles. The second-order valence-corrected chi connectivity index (χ2v) is 6.46. The highest BCUT2D eigenvalue weighted by Crippen LogP contribution is 2.30. The van der Waals surface area contributed by atoms with E-state index in [0.29, 0.717) is 12.2 Å². The van der Waals surface area contributed by atoms with Gasteiger partial charge < -0.3 is 4.74 Å². The van der Waals surface area contributed by atoms with Gasteiger partial charge in [0.25, 0.3) is 5.69 Å². The van der Waals surface area contributed by atoms with Crippen LogP contribution in [0, 0.1) is 10.1 Å². The van der Waals surface area contributed by atoms with Crippen molar-refractivity contribution in [2.24, 2.45) is 0 Å². The smallest absolute Gasteiger partial charge is 0.269 e. The number of nitrogens with zero attached hydrogens (tertiary/aromatic N) is 4. The van der Waals surface area contributed by atoms with Gasteiger partial charge in [0.15, 0.2) is 0 Å². The van der Waals surface area contributed by atoms with E-state index in [9.17, 15) is 10.1 Å². The van der Waals surface area contributed by atoms with E-state index < -0.39 is 4.92 Å². The molecule has 0 aliphatic heterocycles. The van der Waals surface area contributed by atoms with Crippen LogP contribution in [0.4, 0.5) is 5.69 Å². The van der Waals surface area contributed by atoms with E-state index in [2.05, 4.69) is 10.3 Å². The molecule has 4 aromatic rings. The van der Waals surface area contributed by atoms with Crippen molar-refractivity contribution in [1.82, 2.24) is 15.0 Å². The van der Waals surface area contributed by atoms with Crippen LogP contribution in [-0.4, -0.2) is 27.0 Å². The van der Waals surface area contributed by atoms with Crippen molar-refractivity contribution in [3.63, 3.8) is 0 Å². The van der Waals surface area contributed by atoms with Crippen LogP contribution in [0.1, 0.15) is 11.1 Å². The topological polar surface area (TPSA) is 83.1 Å². The van der Waals surface area contributed by atoms with Crippen LogP contribution < -0.4 is 4.74 Å². The highest BCUT2D eigenvalue weighted by Gasteiger charge is 2.15. The number of para-hydroxylation sites is 2. The third kappa shape index (κ3) is 3.70. The molecule has 7 nitrogen and oxygen atoms in total. The van der Waals surface area contributed by atoms with Gasteiger partial charge in [-0.2, -0.15) is 0 Å². The Morgan fingerprint density at radius 1 is 1.00 bits per heavy atom. The predicted octanol–water partition coefficient (Wildman–Crippen LogP) is 4.44. The molecule has 0 aliphatic rings. The van der Waals surface area contributed by atoms with Crippen molar-refractivity contribution in [3.05, 3.63) is 100 Å². The highest BCUT2D eigenvalue weighted by molar-refractivity contribution is 5.67. The standard InChI is InChI=1S/C22H18N4O3/c1-29-22-9-5-4-8-20(22)25-21(15-23-24-25)19-7-3-2-6-17(19)14-16-10-12-18(13-11-16)26(27)28/h2-13,15H,14H2,1H3. The van der Waals surface area contributed by atoms with Gasteiger partial charge in [0.2, 0.25) is 0 Å². The summed E-state index contributed by atoms with van der Waals surface area (Å²) in [6.45, 7) is 0. The van der Waals surface area contributed by atoms with Crippen LogP contribution in [0.15, 0.2) is 79.0 Å². The summed E-state index contributed by atoms with van der Waals surface area (Å²) in [7, 11) is 1.62. The Morgan fingerprint density at radius 3 is 2.48 bits per heavy atom. The van der Waals surface area contributed by atoms with E-state index in [0.717, 1.165) is 28.1 Å². The zero-order valence-corrected chi connectivity index (χ0v) is 15.7. The molecule has 0 saturated heterocycles. The monoisotopic (exact) mass is 386 g/mol. The first-order valence-electron chi connectivity index (χ1n) is 9.03. The molecule has 144 valence electrons. The summed E-state index contributed by atoms with van der Waals surface area (Å²) in [6.07, 6.45) is 2.35. The molecule has 1 heterocycles. The van der Waals surface area contributed by atoms with Crippen LogP contribution in [0.2, 0.25) is 0 Å². The summed E-state index contributed by atoms with van der Waals surface area (Å²) in [5, 5.41) is 19.3. The van der Waals surface area contributed by atoms with E-state index in [-0.39, 0.29) is 5.69 Å². The number of hydrogen-bond donors (Lipinski definition) is 0. The lowest BCUT2D eigenvalue weighted by Gasteiger charge is -2.13. The lowest BCUT2D eigenvalue weighted by Crippen LogP contribution is -2.03. The fourth-order valence-corrected chi connectivity index (χ4v) is 3.28. The number of nitro groups is 1. The second-order valence-electron chi connectivity index (χ2n) is 6.46. The lowest BCUT2D eigenvalue weighted by atomic mass is 9.98. The third-order valence-electron chi connectivity index (χ3n) is 4.70. The first-order chi connectivity index (χ1) is 14.2. The number of rotatable bonds is 6. The largest absolute Gasteiger partial charge is 0.494 e. The number of hydrogen-bond acceptors (Lipinski definition) is 5. The molecule has 0 aliphatic carbocycles. The van der Waals surface area contributed by atoms with Crippen molar-refractivity contribution in [2.45, 2.75) is 6.42 Å². The Balaban J connectivity index is 1.73. The Bertz CT molecular complexity index is 1150. The minimum atomic E-state index is -0.394. The number of ether oxygens (including phenoxy) is 1. The van der Waals surface area contributed by atoms with Gasteiger partial charge in [0.1, 0.15) is 11.4 Å². The van der Waals surface area contributed by atoms with Gasteiger partial charge in [-0.05, 0) is 29.7 Å². The van der Waals surface area contributed by atoms with E-state index in [1.54, 1.807) is 30.1 Å². The fourth-order valence-electron chi connectivity index (χ4n) is 3.28. The summed E-state index contributed by atoms with van der Waals surface area (Å²) in [5.74, 6) is 0.701. The lowest BCUT2D eigenvalue weighted by molar-refractivity contribution is -0.384. The highest BCUT2D eigenvalue weighted by atomic mass is 16.6. The minimum absolute atomic E-state index is 0.0838. The van der Waals surface area contributed by atoms with E-state index in [1.165, 1.54) is 12.1 Å². The number of non-ortho nitro benzene ring substituents is 1. The third-order valence-corrected chi connectivity index (χ3v) is 4.70. The average Bonchev–Trinajstić information content (AvgIpc) is 3.24. The van der Waals surface area contributed by atoms with Gasteiger partial charge in [-0.1, -0.05) is 53.7 Å². The van der Waals surface area contributed by atoms with Crippen molar-refractivity contribution >= 4 is 5.69 Å². The molecule has 0 atom stereocenters. The first kappa shape index (κ1) is 18.4. The molecule has 0 radical (unpaired) electrons. The van der Waals surface area contributed by atoms with E-state index >= 15 is 0 Å². The van der Waals surface area contributed by atoms with Gasteiger partial charge in [0.05, 0.1) is 23.9 Å². The quantitative estimate of drug-likeness (QED) is 0.361. The molecule has 0 N–H and O–H groups in total. The molecule has 7 heteroatoms. The second kappa shape index (κ2) is 7.93. The summed E-state index contributed by atoms with van der Waals surface area (Å²) >= 11 is 0. The zero-order chi connectivity index (χ0) is 20.2. The summed E-state index contributed by atoms with van der Waals surface area (Å²) in [4.78, 5) is 10.5. The van der Waals surface area contributed by atoms with Crippen LogP contribution in [0.25, 0.3) is 16.9 Å². The molecule has 0 amide bonds. The van der Waals surface area contributed by atoms with Crippen molar-refractivity contribution in [3.8, 4) is 22.7 Å². The Morgan fingerprint density at radius 2 is 1.72 bits per heavy atom. The molecule has 0 fully saturated rings. The van der Waals surface area contributed by atoms with E-state index in [4.69, 9.17) is 4.74 Å². The fraction of sp³-hybridized carbons (Fsp3) is 0.0909. The van der Waals surface area contributed by atoms with Gasteiger partial charge >= 0.3 is 0 Å². The average molecular weight is 386 g/mol. The number of nitro benzene ring substituents is 1. The maximum Gasteiger partial charge on any atom is 0.269 e. The molecule has 29 heavy (non-hydrogen) atoms. The number of aromatic nitrogens is 3. The molecule has 0 saturated carbocycles. The molecule has 3 aromatic carbocycles. The van der Waals surface area contributed by atoms with Crippen molar-refractivity contribution in [2.75, 3.05) is 7.11 Å². The Labute approximate surface area is 167 Å². The molecule has 0 spiro atoms. The van der Waals surface area contributed by atoms with Crippen LogP contribution in [-0.2, 0) is 6.42 Å². The maximum absolute atomic E-state index is 10.9. The number of methoxy groups -OCH3 is 1. The molecule has 4 rings (SSSR count). The molecular formula is C22H18N4O3. The first-order valence-corrected chi connectivity index (χ1v) is 9.03. The predicted molar refractivity (Wildman–Crippen MR) is 109 cm³/mol. The van der Waals surface area contributed by atoms with Crippen LogP contribution >= 0.6 is 0 Å². The van der Waals surface area contributed by atoms with Gasteiger partial charge in [-0.15, -0.1) is 5.10 Å². The summed E-state index contributed by atoms with van der Waals surface area (Å²) < 4.78 is 7.23. The van der Waals surface area contributed by atoms with Crippen molar-refractivity contribution in [1.29, 1.82) is 0 Å². The SMILES string of the molecule is COc1ccccc1-n1nncc1-c1ccccc1Cc1ccc([N+](=O)[O-])cc1. The van der Waals surface area contributed by atoms with Crippen molar-refractivity contribution < 1.29 is 9.66 Å². The van der Waals surface area contributed by atoms with E-state index in [1.807, 2.05) is 48.5 Å². The summed E-state index contributed by atoms with van der Waals surface area (Å²) in [6, 6.07) is 22.2. The van der Waals surface area contributed by atoms with Crippen LogP contribution in [0.3, 0.4) is 0 Å². The van der Waals surface area contributed by atoms with Crippen LogP contribution in [0.5, 0.6) is 5.75 Å². The molecular weight excluding hydrogens is 368 g/mol. The minimum Gasteiger partial charge on any atom is -0.494 e. The number of benzene rings is 3. The zero-order valence-electron chi connectivity index (χ0n) is 15.7. The van der Waals surface area contributed by atoms with Gasteiger partial charge in [0, 0.05) is 17.7 Å². The van der Waals surface area contributed by atoms with Gasteiger partial charge in [-0.25, -0.2) is 4.68 Å². The van der Waals surface area contributed by atoms with Gasteiger partial charge in [-0.3, -0.25) is 10.1 Å². The Kier molecular flexibility index (Phi) is 5.03. The Hall–Kier alpha value is -4.00. The molecule has 0 unspecified atom stereocenters. The summed E-state index contributed by atoms with van der Waals surface area (Å²) in [5.41, 5.74) is 4.76.